The zero-order valence-electron chi connectivity index (χ0n) is 9.88. The molecule has 2 amide bonds. The highest BCUT2D eigenvalue weighted by Gasteiger charge is 2.36. The van der Waals surface area contributed by atoms with Gasteiger partial charge in [-0.2, -0.15) is 0 Å². The Balaban J connectivity index is 1.70. The molecule has 0 aromatic heterocycles. The van der Waals surface area contributed by atoms with E-state index in [4.69, 9.17) is 4.74 Å². The smallest absolute Gasteiger partial charge is 0.315 e. The molecule has 2 atom stereocenters. The van der Waals surface area contributed by atoms with Crippen molar-refractivity contribution in [3.8, 4) is 0 Å². The number of halogens is 1. The van der Waals surface area contributed by atoms with E-state index in [0.29, 0.717) is 12.6 Å². The van der Waals surface area contributed by atoms with Gasteiger partial charge in [0.25, 0.3) is 0 Å². The average Bonchev–Trinajstić information content (AvgIpc) is 3.10. The number of carbonyl (C=O) groups is 1. The van der Waals surface area contributed by atoms with Gasteiger partial charge in [0.2, 0.25) is 0 Å². The summed E-state index contributed by atoms with van der Waals surface area (Å²) in [5, 5.41) is 5.75. The summed E-state index contributed by atoms with van der Waals surface area (Å²) in [6.45, 7) is 4.89. The number of nitrogens with one attached hydrogen (secondary N) is 2. The van der Waals surface area contributed by atoms with Gasteiger partial charge < -0.3 is 15.4 Å². The van der Waals surface area contributed by atoms with E-state index in [1.807, 2.05) is 0 Å². The van der Waals surface area contributed by atoms with Crippen molar-refractivity contribution < 1.29 is 9.53 Å². The van der Waals surface area contributed by atoms with Crippen LogP contribution < -0.4 is 10.6 Å². The lowest BCUT2D eigenvalue weighted by atomic mass is 10.0. The molecule has 2 fully saturated rings. The van der Waals surface area contributed by atoms with E-state index in [-0.39, 0.29) is 12.1 Å². The molecule has 17 heavy (non-hydrogen) atoms. The Morgan fingerprint density at radius 3 is 2.82 bits per heavy atom. The third-order valence-electron chi connectivity index (χ3n) is 3.24. The van der Waals surface area contributed by atoms with Crippen LogP contribution in [0.3, 0.4) is 0 Å². The van der Waals surface area contributed by atoms with Crippen molar-refractivity contribution in [1.29, 1.82) is 0 Å². The molecule has 1 saturated heterocycles. The van der Waals surface area contributed by atoms with Crippen molar-refractivity contribution in [3.05, 3.63) is 11.1 Å². The Morgan fingerprint density at radius 2 is 2.18 bits per heavy atom. The normalized spacial score (nSPS) is 28.5. The number of urea groups is 1. The maximum atomic E-state index is 11.6. The van der Waals surface area contributed by atoms with Crippen molar-refractivity contribution in [2.45, 2.75) is 37.8 Å². The molecule has 0 spiro atoms. The van der Waals surface area contributed by atoms with Crippen LogP contribution >= 0.6 is 15.9 Å². The van der Waals surface area contributed by atoms with Crippen LogP contribution in [0.5, 0.6) is 0 Å². The third-order valence-corrected chi connectivity index (χ3v) is 3.52. The summed E-state index contributed by atoms with van der Waals surface area (Å²) in [6.07, 6.45) is 4.79. The fourth-order valence-electron chi connectivity index (χ4n) is 2.17. The number of rotatable bonds is 4. The number of amides is 2. The molecule has 2 N–H and O–H groups in total. The minimum atomic E-state index is -0.118. The molecule has 2 rings (SSSR count). The van der Waals surface area contributed by atoms with E-state index in [9.17, 15) is 4.79 Å². The highest BCUT2D eigenvalue weighted by Crippen LogP contribution is 2.38. The molecule has 1 saturated carbocycles. The van der Waals surface area contributed by atoms with Gasteiger partial charge in [0.15, 0.2) is 0 Å². The van der Waals surface area contributed by atoms with Crippen LogP contribution in [0.15, 0.2) is 11.1 Å². The van der Waals surface area contributed by atoms with Crippen LogP contribution in [0.25, 0.3) is 0 Å². The Kier molecular flexibility index (Phi) is 4.45. The lowest BCUT2D eigenvalue weighted by Gasteiger charge is -2.30. The number of hydrogen-bond acceptors (Lipinski definition) is 2. The van der Waals surface area contributed by atoms with Crippen molar-refractivity contribution in [3.63, 3.8) is 0 Å². The molecule has 0 unspecified atom stereocenters. The molecule has 4 nitrogen and oxygen atoms in total. The average molecular weight is 303 g/mol. The molecule has 0 radical (unpaired) electrons. The Bertz CT molecular complexity index is 305. The second kappa shape index (κ2) is 5.87. The van der Waals surface area contributed by atoms with Gasteiger partial charge in [0.05, 0.1) is 12.6 Å². The molecule has 96 valence electrons. The predicted molar refractivity (Wildman–Crippen MR) is 70.1 cm³/mol. The van der Waals surface area contributed by atoms with E-state index in [1.54, 1.807) is 0 Å². The van der Waals surface area contributed by atoms with E-state index >= 15 is 0 Å². The summed E-state index contributed by atoms with van der Waals surface area (Å²) in [6, 6.07) is 0.130. The van der Waals surface area contributed by atoms with Crippen LogP contribution in [0, 0.1) is 5.92 Å². The summed E-state index contributed by atoms with van der Waals surface area (Å²) < 4.78 is 6.49. The number of hydrogen-bond donors (Lipinski definition) is 2. The molecule has 1 aliphatic carbocycles. The lowest BCUT2D eigenvalue weighted by Crippen LogP contribution is -2.46. The van der Waals surface area contributed by atoms with Crippen LogP contribution in [0.4, 0.5) is 4.79 Å². The zero-order chi connectivity index (χ0) is 12.3. The fraction of sp³-hybridized carbons (Fsp3) is 0.750. The van der Waals surface area contributed by atoms with Crippen molar-refractivity contribution in [2.24, 2.45) is 5.92 Å². The van der Waals surface area contributed by atoms with Crippen molar-refractivity contribution in [1.82, 2.24) is 10.6 Å². The van der Waals surface area contributed by atoms with Gasteiger partial charge in [-0.05, 0) is 31.6 Å². The second-order valence-electron chi connectivity index (χ2n) is 4.81. The summed E-state index contributed by atoms with van der Waals surface area (Å²) in [7, 11) is 0. The van der Waals surface area contributed by atoms with Gasteiger partial charge in [-0.3, -0.25) is 0 Å². The summed E-state index contributed by atoms with van der Waals surface area (Å²) in [4.78, 5) is 11.6. The standard InChI is InChI=1S/C12H19BrN2O2/c1-8(13)7-14-12(16)15-10-4-5-17-11(6-10)9-2-3-9/h9-11H,1-7H2,(H2,14,15,16)/t10-,11-/m0/s1. The maximum absolute atomic E-state index is 11.6. The van der Waals surface area contributed by atoms with E-state index in [0.717, 1.165) is 29.8 Å². The summed E-state index contributed by atoms with van der Waals surface area (Å²) >= 11 is 3.21. The number of ether oxygens (including phenoxy) is 1. The van der Waals surface area contributed by atoms with Gasteiger partial charge in [-0.15, -0.1) is 0 Å². The Hall–Kier alpha value is -0.550. The van der Waals surface area contributed by atoms with E-state index in [2.05, 4.69) is 33.1 Å². The minimum Gasteiger partial charge on any atom is -0.378 e. The van der Waals surface area contributed by atoms with E-state index in [1.165, 1.54) is 12.8 Å². The first-order valence-corrected chi connectivity index (χ1v) is 6.93. The van der Waals surface area contributed by atoms with Gasteiger partial charge in [-0.1, -0.05) is 22.5 Å². The summed E-state index contributed by atoms with van der Waals surface area (Å²) in [5.41, 5.74) is 0. The first-order valence-electron chi connectivity index (χ1n) is 6.14. The second-order valence-corrected chi connectivity index (χ2v) is 5.93. The van der Waals surface area contributed by atoms with Crippen molar-refractivity contribution in [2.75, 3.05) is 13.2 Å². The molecule has 0 aromatic rings. The van der Waals surface area contributed by atoms with Crippen LogP contribution in [0.2, 0.25) is 0 Å². The van der Waals surface area contributed by atoms with E-state index < -0.39 is 0 Å². The van der Waals surface area contributed by atoms with Crippen LogP contribution in [-0.4, -0.2) is 31.3 Å². The fourth-order valence-corrected chi connectivity index (χ4v) is 2.31. The first-order chi connectivity index (χ1) is 8.15. The van der Waals surface area contributed by atoms with Crippen molar-refractivity contribution >= 4 is 22.0 Å². The topological polar surface area (TPSA) is 50.4 Å². The van der Waals surface area contributed by atoms with Crippen LogP contribution in [0.1, 0.15) is 25.7 Å². The molecule has 0 bridgehead atoms. The first kappa shape index (κ1) is 12.9. The predicted octanol–water partition coefficient (Wildman–Crippen LogP) is 2.15. The monoisotopic (exact) mass is 302 g/mol. The zero-order valence-corrected chi connectivity index (χ0v) is 11.5. The highest BCUT2D eigenvalue weighted by molar-refractivity contribution is 9.11. The molecule has 1 heterocycles. The van der Waals surface area contributed by atoms with Gasteiger partial charge >= 0.3 is 6.03 Å². The molecular formula is C12H19BrN2O2. The largest absolute Gasteiger partial charge is 0.378 e. The van der Waals surface area contributed by atoms with Crippen LogP contribution in [-0.2, 0) is 4.74 Å². The third kappa shape index (κ3) is 4.32. The van der Waals surface area contributed by atoms with Gasteiger partial charge in [0, 0.05) is 17.1 Å². The molecule has 0 aromatic carbocycles. The number of carbonyl (C=O) groups excluding carboxylic acids is 1. The quantitative estimate of drug-likeness (QED) is 0.836. The molecule has 5 heteroatoms. The molecule has 1 aliphatic heterocycles. The lowest BCUT2D eigenvalue weighted by molar-refractivity contribution is -0.00912. The highest BCUT2D eigenvalue weighted by atomic mass is 79.9. The molecular weight excluding hydrogens is 284 g/mol. The molecule has 2 aliphatic rings. The SMILES string of the molecule is C=C(Br)CNC(=O)N[C@H]1CCO[C@H](C2CC2)C1. The summed E-state index contributed by atoms with van der Waals surface area (Å²) in [5.74, 6) is 0.741. The minimum absolute atomic E-state index is 0.118. The Morgan fingerprint density at radius 1 is 1.41 bits per heavy atom. The van der Waals surface area contributed by atoms with Gasteiger partial charge in [-0.25, -0.2) is 4.79 Å². The maximum Gasteiger partial charge on any atom is 0.315 e. The van der Waals surface area contributed by atoms with Gasteiger partial charge in [0.1, 0.15) is 0 Å². The Labute approximate surface area is 110 Å².